The summed E-state index contributed by atoms with van der Waals surface area (Å²) < 4.78 is 53.8. The van der Waals surface area contributed by atoms with E-state index in [1.807, 2.05) is 28.6 Å². The molecule has 154 valence electrons. The molecule has 4 heterocycles. The number of hydrogen-bond acceptors (Lipinski definition) is 6. The van der Waals surface area contributed by atoms with Gasteiger partial charge in [-0.3, -0.25) is 4.90 Å². The molecule has 0 aliphatic carbocycles. The summed E-state index contributed by atoms with van der Waals surface area (Å²) in [7, 11) is 1.94. The molecule has 0 spiro atoms. The number of fused-ring (bicyclic) bond motifs is 1. The number of aryl methyl sites for hydroxylation is 1. The number of imidazole rings is 1. The van der Waals surface area contributed by atoms with E-state index in [1.165, 1.54) is 0 Å². The van der Waals surface area contributed by atoms with Crippen LogP contribution in [0.4, 0.5) is 22.9 Å². The maximum Gasteiger partial charge on any atom is 0.417 e. The average molecular weight is 426 g/mol. The normalized spacial score (nSPS) is 16.0. The van der Waals surface area contributed by atoms with Crippen LogP contribution in [0, 0.1) is 0 Å². The Morgan fingerprint density at radius 1 is 1.14 bits per heavy atom. The lowest BCUT2D eigenvalue weighted by Crippen LogP contribution is -2.46. The maximum absolute atomic E-state index is 13.3. The van der Waals surface area contributed by atoms with E-state index in [4.69, 9.17) is 0 Å². The van der Waals surface area contributed by atoms with Crippen molar-refractivity contribution in [2.24, 2.45) is 7.05 Å². The fourth-order valence-corrected chi connectivity index (χ4v) is 3.84. The molecule has 29 heavy (non-hydrogen) atoms. The van der Waals surface area contributed by atoms with Crippen molar-refractivity contribution in [1.29, 1.82) is 0 Å². The first kappa shape index (κ1) is 19.9. The molecule has 0 aromatic carbocycles. The minimum Gasteiger partial charge on any atom is -0.353 e. The first-order valence-corrected chi connectivity index (χ1v) is 9.68. The van der Waals surface area contributed by atoms with Crippen LogP contribution in [0.5, 0.6) is 0 Å². The number of piperazine rings is 1. The molecule has 0 unspecified atom stereocenters. The second kappa shape index (κ2) is 7.79. The quantitative estimate of drug-likeness (QED) is 0.594. The highest BCUT2D eigenvalue weighted by Gasteiger charge is 2.33. The van der Waals surface area contributed by atoms with Crippen LogP contribution < -0.4 is 4.90 Å². The third-order valence-electron chi connectivity index (χ3n) is 5.03. The van der Waals surface area contributed by atoms with Gasteiger partial charge in [0.1, 0.15) is 11.6 Å². The van der Waals surface area contributed by atoms with Crippen LogP contribution in [0.1, 0.15) is 11.4 Å². The number of alkyl halides is 3. The summed E-state index contributed by atoms with van der Waals surface area (Å²) in [6, 6.07) is 4.64. The lowest BCUT2D eigenvalue weighted by atomic mass is 10.2. The second-order valence-corrected chi connectivity index (χ2v) is 7.41. The van der Waals surface area contributed by atoms with Gasteiger partial charge >= 0.3 is 6.18 Å². The molecule has 4 rings (SSSR count). The Morgan fingerprint density at radius 2 is 1.90 bits per heavy atom. The Bertz CT molecular complexity index is 1010. The van der Waals surface area contributed by atoms with Crippen molar-refractivity contribution in [3.8, 4) is 0 Å². The molecular formula is C18H18F4N6S. The molecule has 1 aliphatic heterocycles. The molecule has 0 radical (unpaired) electrons. The molecule has 11 heteroatoms. The summed E-state index contributed by atoms with van der Waals surface area (Å²) in [6.45, 7) is 3.03. The zero-order valence-corrected chi connectivity index (χ0v) is 16.3. The van der Waals surface area contributed by atoms with Crippen molar-refractivity contribution in [1.82, 2.24) is 24.4 Å². The van der Waals surface area contributed by atoms with Gasteiger partial charge in [0.15, 0.2) is 5.65 Å². The summed E-state index contributed by atoms with van der Waals surface area (Å²) in [4.78, 5) is 16.6. The minimum absolute atomic E-state index is 0.116. The van der Waals surface area contributed by atoms with Crippen molar-refractivity contribution in [2.75, 3.05) is 31.1 Å². The van der Waals surface area contributed by atoms with Gasteiger partial charge in [0.05, 0.1) is 34.7 Å². The molecule has 6 nitrogen and oxygen atoms in total. The van der Waals surface area contributed by atoms with E-state index in [0.29, 0.717) is 38.4 Å². The van der Waals surface area contributed by atoms with E-state index in [2.05, 4.69) is 19.9 Å². The molecule has 1 aliphatic rings. The van der Waals surface area contributed by atoms with Crippen molar-refractivity contribution in [3.05, 3.63) is 42.0 Å². The smallest absolute Gasteiger partial charge is 0.353 e. The summed E-state index contributed by atoms with van der Waals surface area (Å²) >= 11 is -0.211. The molecule has 3 aromatic rings. The van der Waals surface area contributed by atoms with Crippen molar-refractivity contribution in [3.63, 3.8) is 0 Å². The van der Waals surface area contributed by atoms with Crippen LogP contribution in [0.15, 0.2) is 35.5 Å². The lowest BCUT2D eigenvalue weighted by Gasteiger charge is -2.35. The van der Waals surface area contributed by atoms with Gasteiger partial charge in [0.25, 0.3) is 0 Å². The van der Waals surface area contributed by atoms with Crippen molar-refractivity contribution in [2.45, 2.75) is 17.6 Å². The fraction of sp³-hybridized carbons (Fsp3) is 0.389. The van der Waals surface area contributed by atoms with E-state index in [1.54, 1.807) is 6.20 Å². The third kappa shape index (κ3) is 4.01. The molecule has 0 amide bonds. The predicted octanol–water partition coefficient (Wildman–Crippen LogP) is 3.68. The van der Waals surface area contributed by atoms with Crippen LogP contribution in [-0.4, -0.2) is 50.6 Å². The van der Waals surface area contributed by atoms with Crippen molar-refractivity contribution >= 4 is 29.1 Å². The number of halogens is 4. The number of rotatable bonds is 4. The zero-order chi connectivity index (χ0) is 20.6. The molecule has 0 N–H and O–H groups in total. The van der Waals surface area contributed by atoms with Crippen LogP contribution >= 0.6 is 12.1 Å². The van der Waals surface area contributed by atoms with Gasteiger partial charge in [-0.15, -0.1) is 0 Å². The lowest BCUT2D eigenvalue weighted by molar-refractivity contribution is -0.138. The highest BCUT2D eigenvalue weighted by molar-refractivity contribution is 7.94. The summed E-state index contributed by atoms with van der Waals surface area (Å²) in [5.74, 6) is 1.14. The Balaban J connectivity index is 1.45. The highest BCUT2D eigenvalue weighted by atomic mass is 32.2. The molecule has 0 bridgehead atoms. The Morgan fingerprint density at radius 3 is 2.55 bits per heavy atom. The number of aromatic nitrogens is 4. The molecule has 3 aromatic heterocycles. The van der Waals surface area contributed by atoms with Gasteiger partial charge in [0.2, 0.25) is 0 Å². The van der Waals surface area contributed by atoms with Crippen LogP contribution in [0.2, 0.25) is 0 Å². The van der Waals surface area contributed by atoms with E-state index in [-0.39, 0.29) is 22.9 Å². The number of anilines is 1. The van der Waals surface area contributed by atoms with E-state index < -0.39 is 11.7 Å². The Kier molecular flexibility index (Phi) is 5.34. The summed E-state index contributed by atoms with van der Waals surface area (Å²) in [5.41, 5.74) is 0.706. The Hall–Kier alpha value is -2.40. The number of pyridine rings is 2. The molecular weight excluding hydrogens is 408 g/mol. The minimum atomic E-state index is -4.55. The number of hydrogen-bond donors (Lipinski definition) is 0. The molecule has 1 fully saturated rings. The van der Waals surface area contributed by atoms with Crippen LogP contribution in [-0.2, 0) is 19.8 Å². The fourth-order valence-electron chi connectivity index (χ4n) is 3.42. The van der Waals surface area contributed by atoms with Gasteiger partial charge in [-0.1, -0.05) is 0 Å². The number of nitrogens with zero attached hydrogens (tertiary/aromatic N) is 6. The SMILES string of the molecule is Cn1c(CN2CCN(c3ncc(C(F)(F)F)cc3SF)CC2)nc2ncccc21. The average Bonchev–Trinajstić information content (AvgIpc) is 3.03. The van der Waals surface area contributed by atoms with E-state index in [0.717, 1.165) is 23.6 Å². The first-order chi connectivity index (χ1) is 13.9. The topological polar surface area (TPSA) is 50.1 Å². The van der Waals surface area contributed by atoms with Gasteiger partial charge in [0, 0.05) is 45.6 Å². The maximum atomic E-state index is 13.3. The van der Waals surface area contributed by atoms with Gasteiger partial charge in [-0.25, -0.2) is 15.0 Å². The zero-order valence-electron chi connectivity index (χ0n) is 15.5. The molecule has 1 saturated heterocycles. The molecule has 0 atom stereocenters. The van der Waals surface area contributed by atoms with Crippen LogP contribution in [0.25, 0.3) is 11.2 Å². The van der Waals surface area contributed by atoms with E-state index >= 15 is 0 Å². The van der Waals surface area contributed by atoms with E-state index in [9.17, 15) is 17.1 Å². The van der Waals surface area contributed by atoms with Gasteiger partial charge in [-0.2, -0.15) is 17.1 Å². The highest BCUT2D eigenvalue weighted by Crippen LogP contribution is 2.36. The van der Waals surface area contributed by atoms with Gasteiger partial charge in [-0.05, 0) is 18.2 Å². The largest absolute Gasteiger partial charge is 0.417 e. The standard InChI is InChI=1S/C18H18F4N6S/c1-26-13-3-2-4-23-16(13)25-15(26)11-27-5-7-28(8-6-27)17-14(29-22)9-12(10-24-17)18(19,20)21/h2-4,9-10H,5-8,11H2,1H3. The predicted molar refractivity (Wildman–Crippen MR) is 102 cm³/mol. The Labute approximate surface area is 168 Å². The second-order valence-electron chi connectivity index (χ2n) is 6.82. The monoisotopic (exact) mass is 426 g/mol. The molecule has 0 saturated carbocycles. The first-order valence-electron chi connectivity index (χ1n) is 8.96. The van der Waals surface area contributed by atoms with Crippen LogP contribution in [0.3, 0.4) is 0 Å². The summed E-state index contributed by atoms with van der Waals surface area (Å²) in [5, 5.41) is 0. The van der Waals surface area contributed by atoms with Crippen molar-refractivity contribution < 1.29 is 17.1 Å². The van der Waals surface area contributed by atoms with Gasteiger partial charge < -0.3 is 9.47 Å². The third-order valence-corrected chi connectivity index (χ3v) is 5.50. The summed E-state index contributed by atoms with van der Waals surface area (Å²) in [6.07, 6.45) is -2.08.